The fourth-order valence-electron chi connectivity index (χ4n) is 10.6. The number of anilines is 3. The number of allylic oxidation sites excluding steroid dienone is 4. The first-order valence-corrected chi connectivity index (χ1v) is 20.2. The average molecular weight is 714 g/mol. The average Bonchev–Trinajstić information content (AvgIpc) is 3.73. The summed E-state index contributed by atoms with van der Waals surface area (Å²) in [4.78, 5) is 2.58. The molecule has 0 N–H and O–H groups in total. The first-order valence-electron chi connectivity index (χ1n) is 20.2. The van der Waals surface area contributed by atoms with Crippen LogP contribution in [0.25, 0.3) is 27.8 Å². The van der Waals surface area contributed by atoms with Gasteiger partial charge >= 0.3 is 0 Å². The van der Waals surface area contributed by atoms with Crippen LogP contribution in [0.15, 0.2) is 146 Å². The molecule has 1 unspecified atom stereocenters. The van der Waals surface area contributed by atoms with E-state index in [4.69, 9.17) is 0 Å². The lowest BCUT2D eigenvalue weighted by molar-refractivity contribution is 0.415. The Bertz CT molecular complexity index is 2570. The van der Waals surface area contributed by atoms with Gasteiger partial charge in [-0.25, -0.2) is 0 Å². The highest BCUT2D eigenvalue weighted by atomic mass is 15.1. The molecule has 1 heteroatoms. The number of para-hydroxylation sites is 1. The third-order valence-corrected chi connectivity index (χ3v) is 13.5. The molecule has 0 saturated heterocycles. The summed E-state index contributed by atoms with van der Waals surface area (Å²) in [5.41, 5.74) is 21.0. The van der Waals surface area contributed by atoms with Crippen molar-refractivity contribution in [1.82, 2.24) is 0 Å². The summed E-state index contributed by atoms with van der Waals surface area (Å²) >= 11 is 0. The summed E-state index contributed by atoms with van der Waals surface area (Å²) in [6.07, 6.45) is 8.04. The van der Waals surface area contributed by atoms with Gasteiger partial charge in [0.05, 0.1) is 11.1 Å². The van der Waals surface area contributed by atoms with Crippen molar-refractivity contribution in [3.8, 4) is 22.3 Å². The van der Waals surface area contributed by atoms with Gasteiger partial charge in [-0.1, -0.05) is 171 Å². The summed E-state index contributed by atoms with van der Waals surface area (Å²) in [5, 5.41) is 0. The molecule has 0 bridgehead atoms. The molecule has 0 aliphatic heterocycles. The van der Waals surface area contributed by atoms with E-state index in [0.717, 1.165) is 6.42 Å². The number of hydrogen-bond acceptors (Lipinski definition) is 1. The second-order valence-corrected chi connectivity index (χ2v) is 19.0. The summed E-state index contributed by atoms with van der Waals surface area (Å²) < 4.78 is 0. The quantitative estimate of drug-likeness (QED) is 0.176. The Morgan fingerprint density at radius 1 is 0.527 bits per heavy atom. The third-order valence-electron chi connectivity index (χ3n) is 13.5. The Morgan fingerprint density at radius 2 is 1.15 bits per heavy atom. The zero-order valence-electron chi connectivity index (χ0n) is 33.6. The van der Waals surface area contributed by atoms with Crippen LogP contribution in [0.4, 0.5) is 17.1 Å². The molecule has 6 aromatic carbocycles. The van der Waals surface area contributed by atoms with Crippen molar-refractivity contribution in [1.29, 1.82) is 0 Å². The van der Waals surface area contributed by atoms with Gasteiger partial charge in [-0.15, -0.1) is 0 Å². The third kappa shape index (κ3) is 4.72. The fraction of sp³-hybridized carbons (Fsp3) is 0.259. The molecule has 10 rings (SSSR count). The topological polar surface area (TPSA) is 3.24 Å². The Hall–Kier alpha value is -5.40. The first-order chi connectivity index (χ1) is 26.3. The fourth-order valence-corrected chi connectivity index (χ4v) is 10.6. The minimum Gasteiger partial charge on any atom is -0.310 e. The minimum atomic E-state index is -0.452. The number of fused-ring (bicyclic) bond motifs is 13. The number of benzene rings is 6. The molecular weight excluding hydrogens is 663 g/mol. The highest BCUT2D eigenvalue weighted by molar-refractivity contribution is 6.02. The van der Waals surface area contributed by atoms with E-state index in [-0.39, 0.29) is 16.2 Å². The maximum atomic E-state index is 2.58. The van der Waals surface area contributed by atoms with Crippen LogP contribution in [0, 0.1) is 5.92 Å². The van der Waals surface area contributed by atoms with Crippen LogP contribution < -0.4 is 4.90 Å². The molecule has 6 aromatic rings. The standard InChI is InChI=1S/C54H51N/c1-51(2,3)34-26-28-42-47(30-34)54(44-24-16-13-21-39(44)40-22-14-17-25-45(40)54)48-31-35(52(4,5)6)32-49(50(42)48)55(36-18-10-9-11-19-36)37-27-29-41-38-20-12-15-23-43(38)53(7,8)46(41)33-37/h9-22,24-33,43H,23H2,1-8H3. The Kier molecular flexibility index (Phi) is 7.17. The van der Waals surface area contributed by atoms with Crippen LogP contribution in [0.2, 0.25) is 0 Å². The van der Waals surface area contributed by atoms with Crippen molar-refractivity contribution in [2.45, 2.75) is 83.5 Å². The van der Waals surface area contributed by atoms with Crippen LogP contribution in [0.3, 0.4) is 0 Å². The smallest absolute Gasteiger partial charge is 0.0726 e. The van der Waals surface area contributed by atoms with Crippen molar-refractivity contribution >= 4 is 22.6 Å². The molecule has 55 heavy (non-hydrogen) atoms. The molecule has 1 atom stereocenters. The second-order valence-electron chi connectivity index (χ2n) is 19.0. The normalized spacial score (nSPS) is 17.9. The van der Waals surface area contributed by atoms with Gasteiger partial charge in [-0.3, -0.25) is 0 Å². The number of hydrogen-bond donors (Lipinski definition) is 0. The molecule has 0 saturated carbocycles. The zero-order valence-corrected chi connectivity index (χ0v) is 33.6. The van der Waals surface area contributed by atoms with E-state index in [9.17, 15) is 0 Å². The van der Waals surface area contributed by atoms with Crippen molar-refractivity contribution < 1.29 is 0 Å². The molecule has 0 amide bonds. The van der Waals surface area contributed by atoms with Crippen LogP contribution in [-0.4, -0.2) is 0 Å². The molecular formula is C54H51N. The first kappa shape index (κ1) is 34.1. The van der Waals surface area contributed by atoms with Gasteiger partial charge in [0.1, 0.15) is 0 Å². The number of rotatable bonds is 3. The van der Waals surface area contributed by atoms with Crippen molar-refractivity contribution in [3.63, 3.8) is 0 Å². The van der Waals surface area contributed by atoms with E-state index < -0.39 is 5.41 Å². The Labute approximate surface area is 328 Å². The van der Waals surface area contributed by atoms with E-state index in [2.05, 4.69) is 206 Å². The highest BCUT2D eigenvalue weighted by Gasteiger charge is 2.53. The lowest BCUT2D eigenvalue weighted by Gasteiger charge is -2.35. The minimum absolute atomic E-state index is 0.00251. The molecule has 1 spiro atoms. The van der Waals surface area contributed by atoms with Crippen LogP contribution in [-0.2, 0) is 21.7 Å². The maximum Gasteiger partial charge on any atom is 0.0726 e. The van der Waals surface area contributed by atoms with Gasteiger partial charge in [0.25, 0.3) is 0 Å². The monoisotopic (exact) mass is 713 g/mol. The predicted octanol–water partition coefficient (Wildman–Crippen LogP) is 14.3. The van der Waals surface area contributed by atoms with Gasteiger partial charge < -0.3 is 4.90 Å². The van der Waals surface area contributed by atoms with E-state index in [1.54, 1.807) is 0 Å². The van der Waals surface area contributed by atoms with Crippen molar-refractivity contribution in [3.05, 3.63) is 190 Å². The predicted molar refractivity (Wildman–Crippen MR) is 233 cm³/mol. The van der Waals surface area contributed by atoms with Crippen LogP contribution in [0.1, 0.15) is 106 Å². The summed E-state index contributed by atoms with van der Waals surface area (Å²) in [6.45, 7) is 19.1. The molecule has 0 fully saturated rings. The van der Waals surface area contributed by atoms with E-state index >= 15 is 0 Å². The summed E-state index contributed by atoms with van der Waals surface area (Å²) in [6, 6.07) is 49.3. The highest BCUT2D eigenvalue weighted by Crippen LogP contribution is 2.66. The molecule has 0 aromatic heterocycles. The van der Waals surface area contributed by atoms with Gasteiger partial charge in [0.2, 0.25) is 0 Å². The van der Waals surface area contributed by atoms with Gasteiger partial charge in [-0.2, -0.15) is 0 Å². The largest absolute Gasteiger partial charge is 0.310 e. The zero-order chi connectivity index (χ0) is 38.1. The molecule has 0 heterocycles. The molecule has 4 aliphatic carbocycles. The van der Waals surface area contributed by atoms with Crippen LogP contribution >= 0.6 is 0 Å². The second kappa shape index (κ2) is 11.6. The van der Waals surface area contributed by atoms with E-state index in [1.165, 1.54) is 89.4 Å². The lowest BCUT2D eigenvalue weighted by Crippen LogP contribution is -2.27. The number of nitrogens with zero attached hydrogens (tertiary/aromatic N) is 1. The van der Waals surface area contributed by atoms with E-state index in [1.807, 2.05) is 0 Å². The molecule has 4 aliphatic rings. The summed E-state index contributed by atoms with van der Waals surface area (Å²) in [7, 11) is 0. The summed E-state index contributed by atoms with van der Waals surface area (Å²) in [5.74, 6) is 0.493. The van der Waals surface area contributed by atoms with Crippen LogP contribution in [0.5, 0.6) is 0 Å². The molecule has 1 nitrogen and oxygen atoms in total. The van der Waals surface area contributed by atoms with Gasteiger partial charge in [0.15, 0.2) is 0 Å². The molecule has 0 radical (unpaired) electrons. The Balaban J connectivity index is 1.34. The lowest BCUT2D eigenvalue weighted by atomic mass is 9.68. The Morgan fingerprint density at radius 3 is 1.82 bits per heavy atom. The van der Waals surface area contributed by atoms with Crippen molar-refractivity contribution in [2.24, 2.45) is 5.92 Å². The van der Waals surface area contributed by atoms with Gasteiger partial charge in [-0.05, 0) is 126 Å². The SMILES string of the molecule is CC(C)(C)c1ccc2c(c1)C1(c3ccccc3-c3ccccc31)c1cc(C(C)(C)C)cc(N(c3ccccc3)c3ccc4c(c3)C(C)(C)C3CC=CC=C43)c1-2. The van der Waals surface area contributed by atoms with E-state index in [0.29, 0.717) is 5.92 Å². The van der Waals surface area contributed by atoms with Gasteiger partial charge in [0, 0.05) is 16.9 Å². The maximum absolute atomic E-state index is 2.58. The molecule has 272 valence electrons. The van der Waals surface area contributed by atoms with Crippen molar-refractivity contribution in [2.75, 3.05) is 4.90 Å².